The van der Waals surface area contributed by atoms with Gasteiger partial charge in [0.25, 0.3) is 0 Å². The molecule has 0 bridgehead atoms. The molecule has 16 heavy (non-hydrogen) atoms. The summed E-state index contributed by atoms with van der Waals surface area (Å²) in [5.74, 6) is 0. The molecule has 0 spiro atoms. The van der Waals surface area contributed by atoms with Crippen LogP contribution in [0.1, 0.15) is 39.5 Å². The van der Waals surface area contributed by atoms with E-state index in [1.54, 1.807) is 7.11 Å². The Kier molecular flexibility index (Phi) is 7.01. The Hall–Kier alpha value is -0.120. The average molecular weight is 228 g/mol. The molecule has 0 aromatic heterocycles. The molecule has 0 saturated carbocycles. The molecular weight excluding hydrogens is 200 g/mol. The predicted octanol–water partition coefficient (Wildman–Crippen LogP) is 1.88. The predicted molar refractivity (Wildman–Crippen MR) is 68.8 cm³/mol. The molecule has 0 aliphatic carbocycles. The molecule has 0 radical (unpaired) electrons. The van der Waals surface area contributed by atoms with Crippen molar-refractivity contribution in [2.45, 2.75) is 51.6 Å². The van der Waals surface area contributed by atoms with Gasteiger partial charge in [0.1, 0.15) is 0 Å². The van der Waals surface area contributed by atoms with Crippen LogP contribution in [-0.4, -0.2) is 50.3 Å². The SMILES string of the molecule is CCC(COC)NC(C)CN1CCCCC1. The molecule has 96 valence electrons. The first-order valence-corrected chi connectivity index (χ1v) is 6.73. The lowest BCUT2D eigenvalue weighted by atomic mass is 10.1. The highest BCUT2D eigenvalue weighted by molar-refractivity contribution is 4.75. The van der Waals surface area contributed by atoms with Crippen molar-refractivity contribution in [1.82, 2.24) is 10.2 Å². The Bertz CT molecular complexity index is 163. The van der Waals surface area contributed by atoms with Crippen LogP contribution in [0, 0.1) is 0 Å². The highest BCUT2D eigenvalue weighted by Gasteiger charge is 2.15. The van der Waals surface area contributed by atoms with Gasteiger partial charge in [0.15, 0.2) is 0 Å². The van der Waals surface area contributed by atoms with Gasteiger partial charge >= 0.3 is 0 Å². The molecule has 3 heteroatoms. The Balaban J connectivity index is 2.19. The van der Waals surface area contributed by atoms with Crippen molar-refractivity contribution in [2.75, 3.05) is 33.4 Å². The standard InChI is InChI=1S/C13H28N2O/c1-4-13(11-16-3)14-12(2)10-15-8-6-5-7-9-15/h12-14H,4-11H2,1-3H3. The third kappa shape index (κ3) is 5.28. The lowest BCUT2D eigenvalue weighted by Gasteiger charge is -2.31. The smallest absolute Gasteiger partial charge is 0.0615 e. The summed E-state index contributed by atoms with van der Waals surface area (Å²) in [6, 6.07) is 1.07. The molecule has 1 fully saturated rings. The normalized spacial score (nSPS) is 21.9. The number of methoxy groups -OCH3 is 1. The summed E-state index contributed by atoms with van der Waals surface area (Å²) >= 11 is 0. The van der Waals surface area contributed by atoms with Crippen LogP contribution in [0.4, 0.5) is 0 Å². The summed E-state index contributed by atoms with van der Waals surface area (Å²) in [4.78, 5) is 2.58. The van der Waals surface area contributed by atoms with Gasteiger partial charge in [-0.2, -0.15) is 0 Å². The van der Waals surface area contributed by atoms with Crippen molar-refractivity contribution in [3.63, 3.8) is 0 Å². The van der Waals surface area contributed by atoms with Crippen LogP contribution in [0.2, 0.25) is 0 Å². The lowest BCUT2D eigenvalue weighted by Crippen LogP contribution is -2.46. The number of hydrogen-bond acceptors (Lipinski definition) is 3. The number of hydrogen-bond donors (Lipinski definition) is 1. The van der Waals surface area contributed by atoms with E-state index in [0.29, 0.717) is 12.1 Å². The number of piperidine rings is 1. The molecule has 2 unspecified atom stereocenters. The second kappa shape index (κ2) is 8.04. The highest BCUT2D eigenvalue weighted by Crippen LogP contribution is 2.09. The fourth-order valence-electron chi connectivity index (χ4n) is 2.47. The van der Waals surface area contributed by atoms with Crippen LogP contribution >= 0.6 is 0 Å². The monoisotopic (exact) mass is 228 g/mol. The number of likely N-dealkylation sites (tertiary alicyclic amines) is 1. The molecule has 1 heterocycles. The minimum Gasteiger partial charge on any atom is -0.383 e. The number of rotatable bonds is 7. The highest BCUT2D eigenvalue weighted by atomic mass is 16.5. The van der Waals surface area contributed by atoms with E-state index < -0.39 is 0 Å². The first-order valence-electron chi connectivity index (χ1n) is 6.73. The Morgan fingerprint density at radius 1 is 1.25 bits per heavy atom. The van der Waals surface area contributed by atoms with E-state index in [-0.39, 0.29) is 0 Å². The second-order valence-corrected chi connectivity index (χ2v) is 4.99. The molecule has 1 N–H and O–H groups in total. The zero-order valence-corrected chi connectivity index (χ0v) is 11.2. The van der Waals surface area contributed by atoms with Crippen LogP contribution in [0.25, 0.3) is 0 Å². The van der Waals surface area contributed by atoms with Gasteiger partial charge in [0.2, 0.25) is 0 Å². The Morgan fingerprint density at radius 2 is 1.94 bits per heavy atom. The van der Waals surface area contributed by atoms with Crippen molar-refractivity contribution in [2.24, 2.45) is 0 Å². The van der Waals surface area contributed by atoms with E-state index in [1.807, 2.05) is 0 Å². The Labute approximate surface area is 101 Å². The quantitative estimate of drug-likeness (QED) is 0.720. The number of nitrogens with zero attached hydrogens (tertiary/aromatic N) is 1. The van der Waals surface area contributed by atoms with Gasteiger partial charge in [-0.1, -0.05) is 13.3 Å². The van der Waals surface area contributed by atoms with Gasteiger partial charge in [0, 0.05) is 25.7 Å². The molecule has 1 rings (SSSR count). The van der Waals surface area contributed by atoms with Gasteiger partial charge in [-0.25, -0.2) is 0 Å². The fourth-order valence-corrected chi connectivity index (χ4v) is 2.47. The summed E-state index contributed by atoms with van der Waals surface area (Å²) < 4.78 is 5.21. The molecule has 1 aliphatic heterocycles. The fraction of sp³-hybridized carbons (Fsp3) is 1.00. The van der Waals surface area contributed by atoms with Crippen LogP contribution in [-0.2, 0) is 4.74 Å². The first kappa shape index (κ1) is 13.9. The molecule has 0 amide bonds. The van der Waals surface area contributed by atoms with Crippen molar-refractivity contribution in [3.05, 3.63) is 0 Å². The first-order chi connectivity index (χ1) is 7.76. The van der Waals surface area contributed by atoms with Crippen LogP contribution < -0.4 is 5.32 Å². The molecule has 1 aliphatic rings. The van der Waals surface area contributed by atoms with Gasteiger partial charge in [-0.15, -0.1) is 0 Å². The van der Waals surface area contributed by atoms with Crippen LogP contribution in [0.5, 0.6) is 0 Å². The molecular formula is C13H28N2O. The average Bonchev–Trinajstić information content (AvgIpc) is 2.29. The van der Waals surface area contributed by atoms with Crippen molar-refractivity contribution >= 4 is 0 Å². The van der Waals surface area contributed by atoms with Crippen molar-refractivity contribution < 1.29 is 4.74 Å². The maximum atomic E-state index is 5.21. The van der Waals surface area contributed by atoms with E-state index >= 15 is 0 Å². The van der Waals surface area contributed by atoms with Gasteiger partial charge in [-0.3, -0.25) is 0 Å². The van der Waals surface area contributed by atoms with Crippen LogP contribution in [0.3, 0.4) is 0 Å². The minimum atomic E-state index is 0.504. The third-order valence-electron chi connectivity index (χ3n) is 3.36. The van der Waals surface area contributed by atoms with E-state index in [2.05, 4.69) is 24.1 Å². The van der Waals surface area contributed by atoms with Gasteiger partial charge in [0.05, 0.1) is 6.61 Å². The number of ether oxygens (including phenoxy) is 1. The number of nitrogens with one attached hydrogen (secondary N) is 1. The van der Waals surface area contributed by atoms with Crippen molar-refractivity contribution in [1.29, 1.82) is 0 Å². The zero-order chi connectivity index (χ0) is 11.8. The summed E-state index contributed by atoms with van der Waals surface area (Å²) in [6.07, 6.45) is 5.31. The second-order valence-electron chi connectivity index (χ2n) is 4.99. The zero-order valence-electron chi connectivity index (χ0n) is 11.2. The maximum Gasteiger partial charge on any atom is 0.0615 e. The topological polar surface area (TPSA) is 24.5 Å². The molecule has 0 aromatic carbocycles. The summed E-state index contributed by atoms with van der Waals surface area (Å²) in [5, 5.41) is 3.65. The molecule has 3 nitrogen and oxygen atoms in total. The Morgan fingerprint density at radius 3 is 2.50 bits per heavy atom. The van der Waals surface area contributed by atoms with E-state index in [1.165, 1.54) is 38.9 Å². The summed E-state index contributed by atoms with van der Waals surface area (Å²) in [7, 11) is 1.78. The maximum absolute atomic E-state index is 5.21. The largest absolute Gasteiger partial charge is 0.383 e. The van der Waals surface area contributed by atoms with Gasteiger partial charge < -0.3 is 15.0 Å². The third-order valence-corrected chi connectivity index (χ3v) is 3.36. The van der Waals surface area contributed by atoms with E-state index in [9.17, 15) is 0 Å². The molecule has 1 saturated heterocycles. The summed E-state index contributed by atoms with van der Waals surface area (Å²) in [6.45, 7) is 9.07. The van der Waals surface area contributed by atoms with Crippen LogP contribution in [0.15, 0.2) is 0 Å². The van der Waals surface area contributed by atoms with E-state index in [4.69, 9.17) is 4.74 Å². The summed E-state index contributed by atoms with van der Waals surface area (Å²) in [5.41, 5.74) is 0. The lowest BCUT2D eigenvalue weighted by molar-refractivity contribution is 0.148. The minimum absolute atomic E-state index is 0.504. The van der Waals surface area contributed by atoms with E-state index in [0.717, 1.165) is 13.0 Å². The molecule has 2 atom stereocenters. The molecule has 0 aromatic rings. The van der Waals surface area contributed by atoms with Gasteiger partial charge in [-0.05, 0) is 39.3 Å². The van der Waals surface area contributed by atoms with Crippen molar-refractivity contribution in [3.8, 4) is 0 Å².